The van der Waals surface area contributed by atoms with Crippen LogP contribution < -0.4 is 5.32 Å². The van der Waals surface area contributed by atoms with Gasteiger partial charge in [-0.1, -0.05) is 53.6 Å². The highest BCUT2D eigenvalue weighted by Gasteiger charge is 2.17. The van der Waals surface area contributed by atoms with Gasteiger partial charge in [0.1, 0.15) is 0 Å². The van der Waals surface area contributed by atoms with E-state index < -0.39 is 12.0 Å². The van der Waals surface area contributed by atoms with E-state index in [0.717, 1.165) is 16.7 Å². The second-order valence-corrected chi connectivity index (χ2v) is 6.30. The van der Waals surface area contributed by atoms with Crippen molar-refractivity contribution < 1.29 is 14.7 Å². The second kappa shape index (κ2) is 8.50. The molecule has 2 rings (SSSR count). The molecule has 24 heavy (non-hydrogen) atoms. The average Bonchev–Trinajstić information content (AvgIpc) is 2.48. The molecule has 1 amide bonds. The molecule has 2 aromatic rings. The summed E-state index contributed by atoms with van der Waals surface area (Å²) in [7, 11) is 0. The first-order valence-corrected chi connectivity index (χ1v) is 8.11. The van der Waals surface area contributed by atoms with Crippen LogP contribution in [0.5, 0.6) is 0 Å². The Balaban J connectivity index is 2.00. The minimum atomic E-state index is -0.940. The van der Waals surface area contributed by atoms with E-state index in [1.165, 1.54) is 0 Å². The van der Waals surface area contributed by atoms with E-state index in [9.17, 15) is 9.59 Å². The fourth-order valence-corrected chi connectivity index (χ4v) is 2.70. The van der Waals surface area contributed by atoms with Gasteiger partial charge in [-0.15, -0.1) is 0 Å². The van der Waals surface area contributed by atoms with Gasteiger partial charge < -0.3 is 10.4 Å². The van der Waals surface area contributed by atoms with Crippen molar-refractivity contribution >= 4 is 23.5 Å². The molecule has 2 N–H and O–H groups in total. The molecule has 0 aliphatic carbocycles. The Hall–Kier alpha value is -2.33. The Morgan fingerprint density at radius 2 is 1.83 bits per heavy atom. The lowest BCUT2D eigenvalue weighted by Gasteiger charge is -2.17. The predicted molar refractivity (Wildman–Crippen MR) is 94.2 cm³/mol. The van der Waals surface area contributed by atoms with Crippen molar-refractivity contribution in [3.05, 3.63) is 70.2 Å². The summed E-state index contributed by atoms with van der Waals surface area (Å²) in [6.45, 7) is 1.97. The highest BCUT2D eigenvalue weighted by molar-refractivity contribution is 6.30. The quantitative estimate of drug-likeness (QED) is 0.808. The molecule has 0 saturated heterocycles. The molecule has 0 aliphatic heterocycles. The second-order valence-electron chi connectivity index (χ2n) is 5.86. The molecule has 1 atom stereocenters. The molecule has 5 heteroatoms. The normalized spacial score (nSPS) is 11.8. The summed E-state index contributed by atoms with van der Waals surface area (Å²) in [6, 6.07) is 14.4. The zero-order valence-electron chi connectivity index (χ0n) is 13.5. The molecule has 0 aromatic heterocycles. The van der Waals surface area contributed by atoms with E-state index in [1.54, 1.807) is 12.1 Å². The molecular weight excluding hydrogens is 326 g/mol. The average molecular weight is 346 g/mol. The summed E-state index contributed by atoms with van der Waals surface area (Å²) in [5, 5.41) is 12.5. The first-order valence-electron chi connectivity index (χ1n) is 7.73. The number of carboxylic acid groups (broad SMARTS) is 1. The molecule has 126 valence electrons. The van der Waals surface area contributed by atoms with Crippen molar-refractivity contribution in [2.75, 3.05) is 0 Å². The van der Waals surface area contributed by atoms with E-state index in [0.29, 0.717) is 11.4 Å². The molecule has 0 heterocycles. The van der Waals surface area contributed by atoms with Crippen LogP contribution in [0.3, 0.4) is 0 Å². The van der Waals surface area contributed by atoms with E-state index in [-0.39, 0.29) is 18.7 Å². The molecule has 4 nitrogen and oxygen atoms in total. The maximum atomic E-state index is 12.2. The standard InChI is InChI=1S/C19H20ClNO3/c1-13-3-2-4-15(9-13)11-18(22)21-17(12-19(23)24)10-14-5-7-16(20)8-6-14/h2-9,17H,10-12H2,1H3,(H,21,22)(H,23,24)/t17-/m1/s1. The lowest BCUT2D eigenvalue weighted by atomic mass is 10.0. The van der Waals surface area contributed by atoms with Crippen LogP contribution in [-0.2, 0) is 22.4 Å². The van der Waals surface area contributed by atoms with Gasteiger partial charge in [0.25, 0.3) is 0 Å². The number of aliphatic carboxylic acids is 1. The zero-order valence-corrected chi connectivity index (χ0v) is 14.2. The van der Waals surface area contributed by atoms with Crippen LogP contribution in [0.1, 0.15) is 23.1 Å². The van der Waals surface area contributed by atoms with Gasteiger partial charge in [0.15, 0.2) is 0 Å². The number of amides is 1. The van der Waals surface area contributed by atoms with E-state index in [4.69, 9.17) is 16.7 Å². The van der Waals surface area contributed by atoms with Gasteiger partial charge in [-0.05, 0) is 36.6 Å². The van der Waals surface area contributed by atoms with Gasteiger partial charge in [-0.2, -0.15) is 0 Å². The minimum Gasteiger partial charge on any atom is -0.481 e. The van der Waals surface area contributed by atoms with Crippen LogP contribution >= 0.6 is 11.6 Å². The van der Waals surface area contributed by atoms with Crippen LogP contribution in [0.25, 0.3) is 0 Å². The molecule has 2 aromatic carbocycles. The van der Waals surface area contributed by atoms with E-state index in [1.807, 2.05) is 43.3 Å². The summed E-state index contributed by atoms with van der Waals surface area (Å²) < 4.78 is 0. The zero-order chi connectivity index (χ0) is 17.5. The maximum absolute atomic E-state index is 12.2. The Labute approximate surface area is 146 Å². The Bertz CT molecular complexity index is 713. The Kier molecular flexibility index (Phi) is 6.38. The molecular formula is C19H20ClNO3. The lowest BCUT2D eigenvalue weighted by molar-refractivity contribution is -0.137. The smallest absolute Gasteiger partial charge is 0.305 e. The van der Waals surface area contributed by atoms with Crippen LogP contribution in [0.2, 0.25) is 5.02 Å². The topological polar surface area (TPSA) is 66.4 Å². The molecule has 0 radical (unpaired) electrons. The molecule has 0 fully saturated rings. The van der Waals surface area contributed by atoms with Gasteiger partial charge in [0.05, 0.1) is 12.8 Å². The molecule has 0 saturated carbocycles. The third-order valence-corrected chi connectivity index (χ3v) is 3.88. The number of carboxylic acids is 1. The van der Waals surface area contributed by atoms with Crippen molar-refractivity contribution in [2.24, 2.45) is 0 Å². The number of hydrogen-bond donors (Lipinski definition) is 2. The van der Waals surface area contributed by atoms with E-state index in [2.05, 4.69) is 5.32 Å². The fraction of sp³-hybridized carbons (Fsp3) is 0.263. The number of halogens is 1. The first kappa shape index (κ1) is 18.0. The Morgan fingerprint density at radius 3 is 2.46 bits per heavy atom. The SMILES string of the molecule is Cc1cccc(CC(=O)N[C@@H](CC(=O)O)Cc2ccc(Cl)cc2)c1. The van der Waals surface area contributed by atoms with Crippen molar-refractivity contribution in [3.63, 3.8) is 0 Å². The van der Waals surface area contributed by atoms with Crippen molar-refractivity contribution in [1.82, 2.24) is 5.32 Å². The lowest BCUT2D eigenvalue weighted by Crippen LogP contribution is -2.38. The summed E-state index contributed by atoms with van der Waals surface area (Å²) >= 11 is 5.86. The van der Waals surface area contributed by atoms with E-state index >= 15 is 0 Å². The number of carbonyl (C=O) groups is 2. The summed E-state index contributed by atoms with van der Waals surface area (Å²) in [5.41, 5.74) is 2.93. The summed E-state index contributed by atoms with van der Waals surface area (Å²) in [6.07, 6.45) is 0.559. The number of carbonyl (C=O) groups excluding carboxylic acids is 1. The minimum absolute atomic E-state index is 0.123. The van der Waals surface area contributed by atoms with Crippen LogP contribution in [0.4, 0.5) is 0 Å². The Morgan fingerprint density at radius 1 is 1.12 bits per heavy atom. The van der Waals surface area contributed by atoms with Gasteiger partial charge in [0.2, 0.25) is 5.91 Å². The van der Waals surface area contributed by atoms with Crippen molar-refractivity contribution in [3.8, 4) is 0 Å². The highest BCUT2D eigenvalue weighted by atomic mass is 35.5. The monoisotopic (exact) mass is 345 g/mol. The van der Waals surface area contributed by atoms with Crippen LogP contribution in [0, 0.1) is 6.92 Å². The largest absolute Gasteiger partial charge is 0.481 e. The van der Waals surface area contributed by atoms with Crippen LogP contribution in [0.15, 0.2) is 48.5 Å². The summed E-state index contributed by atoms with van der Waals surface area (Å²) in [5.74, 6) is -1.12. The summed E-state index contributed by atoms with van der Waals surface area (Å²) in [4.78, 5) is 23.3. The number of rotatable bonds is 7. The van der Waals surface area contributed by atoms with Crippen molar-refractivity contribution in [2.45, 2.75) is 32.2 Å². The van der Waals surface area contributed by atoms with Gasteiger partial charge in [0, 0.05) is 11.1 Å². The third-order valence-electron chi connectivity index (χ3n) is 3.63. The maximum Gasteiger partial charge on any atom is 0.305 e. The molecule has 0 aliphatic rings. The third kappa shape index (κ3) is 6.05. The number of aryl methyl sites for hydroxylation is 1. The molecule has 0 bridgehead atoms. The number of hydrogen-bond acceptors (Lipinski definition) is 2. The van der Waals surface area contributed by atoms with Crippen LogP contribution in [-0.4, -0.2) is 23.0 Å². The fourth-order valence-electron chi connectivity index (χ4n) is 2.58. The van der Waals surface area contributed by atoms with Crippen molar-refractivity contribution in [1.29, 1.82) is 0 Å². The predicted octanol–water partition coefficient (Wildman–Crippen LogP) is 3.39. The molecule has 0 unspecified atom stereocenters. The van der Waals surface area contributed by atoms with Gasteiger partial charge >= 0.3 is 5.97 Å². The van der Waals surface area contributed by atoms with Gasteiger partial charge in [-0.25, -0.2) is 0 Å². The highest BCUT2D eigenvalue weighted by Crippen LogP contribution is 2.13. The number of benzene rings is 2. The van der Waals surface area contributed by atoms with Gasteiger partial charge in [-0.3, -0.25) is 9.59 Å². The first-order chi connectivity index (χ1) is 11.4. The number of nitrogens with one attached hydrogen (secondary N) is 1. The molecule has 0 spiro atoms.